The van der Waals surface area contributed by atoms with Gasteiger partial charge in [-0.25, -0.2) is 4.79 Å². The molecule has 2 rings (SSSR count). The number of aryl methyl sites for hydroxylation is 1. The number of hydrogen-bond acceptors (Lipinski definition) is 3. The summed E-state index contributed by atoms with van der Waals surface area (Å²) in [5, 5.41) is 14.9. The number of aliphatic hydroxyl groups is 1. The van der Waals surface area contributed by atoms with E-state index in [1.54, 1.807) is 24.3 Å². The van der Waals surface area contributed by atoms with Crippen LogP contribution in [0.1, 0.15) is 17.2 Å². The maximum Gasteiger partial charge on any atom is 0.319 e. The Hall–Kier alpha value is -2.08. The number of amides is 2. The van der Waals surface area contributed by atoms with Gasteiger partial charge in [-0.3, -0.25) is 0 Å². The number of anilines is 1. The van der Waals surface area contributed by atoms with Crippen LogP contribution in [0.5, 0.6) is 0 Å². The Labute approximate surface area is 146 Å². The Balaban J connectivity index is 1.95. The van der Waals surface area contributed by atoms with E-state index in [4.69, 9.17) is 21.4 Å². The zero-order chi connectivity index (χ0) is 17.4. The van der Waals surface area contributed by atoms with E-state index in [2.05, 4.69) is 10.6 Å². The average molecular weight is 349 g/mol. The van der Waals surface area contributed by atoms with E-state index in [1.165, 1.54) is 0 Å². The number of halogens is 1. The number of rotatable bonds is 7. The summed E-state index contributed by atoms with van der Waals surface area (Å²) in [6.45, 7) is 2.41. The minimum Gasteiger partial charge on any atom is -0.394 e. The highest BCUT2D eigenvalue weighted by molar-refractivity contribution is 6.33. The summed E-state index contributed by atoms with van der Waals surface area (Å²) in [6, 6.07) is 14.5. The molecule has 2 aromatic carbocycles. The maximum atomic E-state index is 12.0. The molecule has 1 atom stereocenters. The van der Waals surface area contributed by atoms with Crippen molar-refractivity contribution in [3.8, 4) is 0 Å². The first-order valence-electron chi connectivity index (χ1n) is 7.68. The molecule has 0 aliphatic heterocycles. The van der Waals surface area contributed by atoms with E-state index in [0.29, 0.717) is 10.7 Å². The molecular weight excluding hydrogens is 328 g/mol. The van der Waals surface area contributed by atoms with Gasteiger partial charge in [-0.2, -0.15) is 0 Å². The van der Waals surface area contributed by atoms with Crippen molar-refractivity contribution in [2.24, 2.45) is 0 Å². The second kappa shape index (κ2) is 9.27. The van der Waals surface area contributed by atoms with Gasteiger partial charge in [0.05, 0.1) is 30.0 Å². The largest absolute Gasteiger partial charge is 0.394 e. The summed E-state index contributed by atoms with van der Waals surface area (Å²) in [6.07, 6.45) is -0.338. The highest BCUT2D eigenvalue weighted by atomic mass is 35.5. The average Bonchev–Trinajstić information content (AvgIpc) is 2.58. The molecule has 0 fully saturated rings. The number of carbonyl (C=O) groups is 1. The molecule has 0 saturated carbocycles. The zero-order valence-electron chi connectivity index (χ0n) is 13.5. The van der Waals surface area contributed by atoms with Crippen LogP contribution in [0.3, 0.4) is 0 Å². The number of para-hydroxylation sites is 1. The van der Waals surface area contributed by atoms with Crippen LogP contribution < -0.4 is 10.6 Å². The molecule has 0 aromatic heterocycles. The fourth-order valence-electron chi connectivity index (χ4n) is 2.16. The van der Waals surface area contributed by atoms with Crippen molar-refractivity contribution in [2.75, 3.05) is 25.1 Å². The van der Waals surface area contributed by atoms with Crippen molar-refractivity contribution in [1.29, 1.82) is 0 Å². The van der Waals surface area contributed by atoms with Gasteiger partial charge in [0.1, 0.15) is 0 Å². The molecule has 0 radical (unpaired) electrons. The monoisotopic (exact) mass is 348 g/mol. The van der Waals surface area contributed by atoms with Gasteiger partial charge in [-0.15, -0.1) is 0 Å². The molecule has 0 heterocycles. The van der Waals surface area contributed by atoms with E-state index in [9.17, 15) is 4.79 Å². The molecule has 5 nitrogen and oxygen atoms in total. The molecule has 0 spiro atoms. The van der Waals surface area contributed by atoms with Crippen molar-refractivity contribution in [2.45, 2.75) is 13.0 Å². The van der Waals surface area contributed by atoms with Crippen molar-refractivity contribution in [3.05, 3.63) is 64.7 Å². The zero-order valence-corrected chi connectivity index (χ0v) is 14.2. The van der Waals surface area contributed by atoms with Gasteiger partial charge < -0.3 is 20.5 Å². The minimum atomic E-state index is -0.368. The standard InChI is InChI=1S/C18H21ClN2O3/c1-13-6-8-14(9-7-13)17(24-11-10-22)12-20-18(23)21-16-5-3-2-4-15(16)19/h2-9,17,22H,10-12H2,1H3,(H2,20,21,23)/t17-/m1/s1. The van der Waals surface area contributed by atoms with Crippen LogP contribution in [0, 0.1) is 6.92 Å². The summed E-state index contributed by atoms with van der Waals surface area (Å²) in [4.78, 5) is 12.0. The lowest BCUT2D eigenvalue weighted by molar-refractivity contribution is 0.0297. The molecule has 0 aliphatic rings. The first-order chi connectivity index (χ1) is 11.6. The number of nitrogens with one attached hydrogen (secondary N) is 2. The lowest BCUT2D eigenvalue weighted by atomic mass is 10.1. The second-order valence-electron chi connectivity index (χ2n) is 5.31. The third-order valence-corrected chi connectivity index (χ3v) is 3.76. The van der Waals surface area contributed by atoms with Gasteiger partial charge in [0, 0.05) is 6.54 Å². The van der Waals surface area contributed by atoms with Gasteiger partial charge in [0.15, 0.2) is 0 Å². The Bertz CT molecular complexity index is 662. The van der Waals surface area contributed by atoms with Gasteiger partial charge in [-0.1, -0.05) is 53.6 Å². The van der Waals surface area contributed by atoms with Crippen LogP contribution in [-0.4, -0.2) is 30.9 Å². The number of aliphatic hydroxyl groups excluding tert-OH is 1. The number of hydrogen-bond donors (Lipinski definition) is 3. The molecule has 0 bridgehead atoms. The van der Waals surface area contributed by atoms with E-state index in [1.807, 2.05) is 31.2 Å². The van der Waals surface area contributed by atoms with E-state index >= 15 is 0 Å². The van der Waals surface area contributed by atoms with Crippen LogP contribution in [0.25, 0.3) is 0 Å². The smallest absolute Gasteiger partial charge is 0.319 e. The number of ether oxygens (including phenoxy) is 1. The summed E-state index contributed by atoms with van der Waals surface area (Å²) in [5.74, 6) is 0. The van der Waals surface area contributed by atoms with Gasteiger partial charge in [-0.05, 0) is 24.6 Å². The normalized spacial score (nSPS) is 11.8. The summed E-state index contributed by atoms with van der Waals surface area (Å²) in [5.41, 5.74) is 2.62. The third kappa shape index (κ3) is 5.53. The number of carbonyl (C=O) groups excluding carboxylic acids is 1. The van der Waals surface area contributed by atoms with Gasteiger partial charge in [0.2, 0.25) is 0 Å². The Morgan fingerprint density at radius 3 is 2.58 bits per heavy atom. The predicted molar refractivity (Wildman–Crippen MR) is 95.4 cm³/mol. The molecule has 2 aromatic rings. The van der Waals surface area contributed by atoms with Crippen LogP contribution in [0.4, 0.5) is 10.5 Å². The fraction of sp³-hybridized carbons (Fsp3) is 0.278. The molecule has 6 heteroatoms. The van der Waals surface area contributed by atoms with E-state index < -0.39 is 0 Å². The Kier molecular flexibility index (Phi) is 7.06. The second-order valence-corrected chi connectivity index (χ2v) is 5.72. The molecule has 128 valence electrons. The first kappa shape index (κ1) is 18.3. The third-order valence-electron chi connectivity index (χ3n) is 3.43. The predicted octanol–water partition coefficient (Wildman–Crippen LogP) is 3.52. The molecule has 24 heavy (non-hydrogen) atoms. The Morgan fingerprint density at radius 2 is 1.92 bits per heavy atom. The lowest BCUT2D eigenvalue weighted by Crippen LogP contribution is -2.33. The van der Waals surface area contributed by atoms with E-state index in [-0.39, 0.29) is 31.9 Å². The van der Waals surface area contributed by atoms with Gasteiger partial charge in [0.25, 0.3) is 0 Å². The highest BCUT2D eigenvalue weighted by Gasteiger charge is 2.14. The molecule has 0 aliphatic carbocycles. The van der Waals surface area contributed by atoms with Crippen molar-refractivity contribution < 1.29 is 14.6 Å². The van der Waals surface area contributed by atoms with Crippen LogP contribution >= 0.6 is 11.6 Å². The van der Waals surface area contributed by atoms with Crippen LogP contribution in [-0.2, 0) is 4.74 Å². The maximum absolute atomic E-state index is 12.0. The summed E-state index contributed by atoms with van der Waals surface area (Å²) >= 11 is 6.02. The molecule has 0 saturated heterocycles. The van der Waals surface area contributed by atoms with E-state index in [0.717, 1.165) is 11.1 Å². The van der Waals surface area contributed by atoms with Crippen LogP contribution in [0.15, 0.2) is 48.5 Å². The highest BCUT2D eigenvalue weighted by Crippen LogP contribution is 2.20. The van der Waals surface area contributed by atoms with Crippen molar-refractivity contribution in [3.63, 3.8) is 0 Å². The number of urea groups is 1. The Morgan fingerprint density at radius 1 is 1.21 bits per heavy atom. The molecule has 0 unspecified atom stereocenters. The first-order valence-corrected chi connectivity index (χ1v) is 8.06. The summed E-state index contributed by atoms with van der Waals surface area (Å²) in [7, 11) is 0. The summed E-state index contributed by atoms with van der Waals surface area (Å²) < 4.78 is 5.62. The fourth-order valence-corrected chi connectivity index (χ4v) is 2.35. The molecule has 3 N–H and O–H groups in total. The SMILES string of the molecule is Cc1ccc([C@@H](CNC(=O)Nc2ccccc2Cl)OCCO)cc1. The molecular formula is C18H21ClN2O3. The minimum absolute atomic E-state index is 0.0752. The van der Waals surface area contributed by atoms with Crippen molar-refractivity contribution in [1.82, 2.24) is 5.32 Å². The quantitative estimate of drug-likeness (QED) is 0.717. The topological polar surface area (TPSA) is 70.6 Å². The molecule has 2 amide bonds. The van der Waals surface area contributed by atoms with Gasteiger partial charge >= 0.3 is 6.03 Å². The van der Waals surface area contributed by atoms with Crippen LogP contribution in [0.2, 0.25) is 5.02 Å². The van der Waals surface area contributed by atoms with Crippen molar-refractivity contribution >= 4 is 23.3 Å². The number of benzene rings is 2. The lowest BCUT2D eigenvalue weighted by Gasteiger charge is -2.19.